The van der Waals surface area contributed by atoms with Crippen LogP contribution in [0.4, 0.5) is 11.5 Å². The maximum atomic E-state index is 12.9. The third-order valence-electron chi connectivity index (χ3n) is 6.14. The number of nitro groups is 1. The minimum Gasteiger partial charge on any atom is -0.353 e. The minimum absolute atomic E-state index is 0.0557. The van der Waals surface area contributed by atoms with Gasteiger partial charge in [0.1, 0.15) is 18.7 Å². The monoisotopic (exact) mass is 472 g/mol. The van der Waals surface area contributed by atoms with Crippen LogP contribution in [0, 0.1) is 10.1 Å². The number of carbonyl (C=O) groups is 3. The number of fused-ring (bicyclic) bond motifs is 1. The number of anilines is 1. The molecule has 2 aromatic carbocycles. The first-order valence-electron chi connectivity index (χ1n) is 11.0. The zero-order valence-corrected chi connectivity index (χ0v) is 18.5. The van der Waals surface area contributed by atoms with Crippen LogP contribution in [0.5, 0.6) is 0 Å². The highest BCUT2D eigenvalue weighted by molar-refractivity contribution is 6.22. The van der Waals surface area contributed by atoms with Gasteiger partial charge >= 0.3 is 0 Å². The molecule has 3 heterocycles. The molecule has 11 nitrogen and oxygen atoms in total. The van der Waals surface area contributed by atoms with E-state index < -0.39 is 23.3 Å². The van der Waals surface area contributed by atoms with E-state index in [-0.39, 0.29) is 22.7 Å². The topological polar surface area (TPSA) is 130 Å². The lowest BCUT2D eigenvalue weighted by atomic mass is 10.1. The lowest BCUT2D eigenvalue weighted by Gasteiger charge is -2.36. The van der Waals surface area contributed by atoms with Crippen molar-refractivity contribution in [3.8, 4) is 11.3 Å². The molecule has 0 saturated carbocycles. The van der Waals surface area contributed by atoms with Crippen molar-refractivity contribution in [3.63, 3.8) is 0 Å². The molecule has 1 aromatic heterocycles. The highest BCUT2D eigenvalue weighted by Crippen LogP contribution is 2.27. The summed E-state index contributed by atoms with van der Waals surface area (Å²) < 4.78 is 0. The van der Waals surface area contributed by atoms with Crippen LogP contribution < -0.4 is 4.90 Å². The van der Waals surface area contributed by atoms with Crippen molar-refractivity contribution in [1.29, 1.82) is 0 Å². The number of non-ortho nitro benzene ring substituents is 1. The molecule has 0 unspecified atom stereocenters. The average molecular weight is 472 g/mol. The second-order valence-electron chi connectivity index (χ2n) is 8.18. The van der Waals surface area contributed by atoms with E-state index in [0.29, 0.717) is 26.2 Å². The molecule has 3 aromatic rings. The highest BCUT2D eigenvalue weighted by Gasteiger charge is 2.38. The molecule has 0 radical (unpaired) electrons. The van der Waals surface area contributed by atoms with Gasteiger partial charge < -0.3 is 9.80 Å². The number of nitro benzene ring substituents is 1. The molecular formula is C24H20N6O5. The molecule has 35 heavy (non-hydrogen) atoms. The molecule has 0 atom stereocenters. The highest BCUT2D eigenvalue weighted by atomic mass is 16.6. The van der Waals surface area contributed by atoms with Crippen LogP contribution in [0.2, 0.25) is 0 Å². The van der Waals surface area contributed by atoms with E-state index in [4.69, 9.17) is 0 Å². The van der Waals surface area contributed by atoms with E-state index in [1.165, 1.54) is 18.5 Å². The summed E-state index contributed by atoms with van der Waals surface area (Å²) in [4.78, 5) is 61.8. The Bertz CT molecular complexity index is 1340. The Labute approximate surface area is 199 Å². The summed E-state index contributed by atoms with van der Waals surface area (Å²) in [7, 11) is 0. The second kappa shape index (κ2) is 8.93. The number of amides is 3. The summed E-state index contributed by atoms with van der Waals surface area (Å²) >= 11 is 0. The Morgan fingerprint density at radius 1 is 0.914 bits per heavy atom. The normalized spacial score (nSPS) is 15.4. The van der Waals surface area contributed by atoms with Crippen molar-refractivity contribution in [3.05, 3.63) is 82.2 Å². The summed E-state index contributed by atoms with van der Waals surface area (Å²) in [6.07, 6.45) is 1.52. The zero-order chi connectivity index (χ0) is 24.5. The van der Waals surface area contributed by atoms with Crippen molar-refractivity contribution in [2.24, 2.45) is 0 Å². The van der Waals surface area contributed by atoms with E-state index in [1.54, 1.807) is 4.90 Å². The zero-order valence-electron chi connectivity index (χ0n) is 18.5. The summed E-state index contributed by atoms with van der Waals surface area (Å²) in [5.41, 5.74) is 1.52. The smallest absolute Gasteiger partial charge is 0.270 e. The van der Waals surface area contributed by atoms with Gasteiger partial charge in [0.2, 0.25) is 5.91 Å². The summed E-state index contributed by atoms with van der Waals surface area (Å²) in [6.45, 7) is 1.46. The average Bonchev–Trinajstić information content (AvgIpc) is 3.13. The number of piperazine rings is 1. The van der Waals surface area contributed by atoms with Crippen LogP contribution in [0.3, 0.4) is 0 Å². The van der Waals surface area contributed by atoms with Gasteiger partial charge in [-0.2, -0.15) is 0 Å². The number of aromatic nitrogens is 2. The molecule has 3 amide bonds. The fraction of sp³-hybridized carbons (Fsp3) is 0.208. The van der Waals surface area contributed by atoms with Gasteiger partial charge in [-0.15, -0.1) is 0 Å². The first-order chi connectivity index (χ1) is 16.9. The first-order valence-corrected chi connectivity index (χ1v) is 11.0. The lowest BCUT2D eigenvalue weighted by Crippen LogP contribution is -2.52. The third-order valence-corrected chi connectivity index (χ3v) is 6.14. The van der Waals surface area contributed by atoms with E-state index in [1.807, 2.05) is 36.4 Å². The molecule has 0 N–H and O–H groups in total. The minimum atomic E-state index is -0.699. The lowest BCUT2D eigenvalue weighted by molar-refractivity contribution is -0.384. The van der Waals surface area contributed by atoms with Crippen molar-refractivity contribution >= 4 is 29.2 Å². The van der Waals surface area contributed by atoms with E-state index in [2.05, 4.69) is 14.9 Å². The molecule has 0 bridgehead atoms. The molecule has 11 heteroatoms. The Morgan fingerprint density at radius 2 is 1.63 bits per heavy atom. The largest absolute Gasteiger partial charge is 0.353 e. The van der Waals surface area contributed by atoms with Gasteiger partial charge in [0, 0.05) is 49.9 Å². The summed E-state index contributed by atoms with van der Waals surface area (Å²) in [5, 5.41) is 11.0. The van der Waals surface area contributed by atoms with Crippen molar-refractivity contribution in [1.82, 2.24) is 19.8 Å². The molecule has 5 rings (SSSR count). The molecule has 1 saturated heterocycles. The van der Waals surface area contributed by atoms with E-state index >= 15 is 0 Å². The van der Waals surface area contributed by atoms with Crippen LogP contribution in [-0.2, 0) is 4.79 Å². The summed E-state index contributed by atoms with van der Waals surface area (Å²) in [6, 6.07) is 15.2. The van der Waals surface area contributed by atoms with Crippen molar-refractivity contribution in [2.75, 3.05) is 37.6 Å². The van der Waals surface area contributed by atoms with Gasteiger partial charge in [0.15, 0.2) is 0 Å². The number of benzene rings is 2. The van der Waals surface area contributed by atoms with E-state index in [9.17, 15) is 24.5 Å². The fourth-order valence-corrected chi connectivity index (χ4v) is 4.24. The Kier molecular flexibility index (Phi) is 5.65. The third kappa shape index (κ3) is 4.19. The van der Waals surface area contributed by atoms with Crippen LogP contribution in [0.1, 0.15) is 20.7 Å². The number of imide groups is 1. The number of hydrogen-bond acceptors (Lipinski definition) is 8. The second-order valence-corrected chi connectivity index (χ2v) is 8.18. The standard InChI is InChI=1S/C24H20N6O5/c31-22(14-29-23(32)18-7-6-17(30(34)35)12-19(18)24(29)33)28-10-8-27(9-11-28)21-13-20(25-15-26-21)16-4-2-1-3-5-16/h1-7,12-13,15H,8-11,14H2. The Morgan fingerprint density at radius 3 is 2.34 bits per heavy atom. The number of carbonyl (C=O) groups excluding carboxylic acids is 3. The van der Waals surface area contributed by atoms with Crippen LogP contribution in [0.15, 0.2) is 60.9 Å². The SMILES string of the molecule is O=C(CN1C(=O)c2ccc([N+](=O)[O-])cc2C1=O)N1CCN(c2cc(-c3ccccc3)ncn2)CC1. The van der Waals surface area contributed by atoms with Crippen LogP contribution in [0.25, 0.3) is 11.3 Å². The first kappa shape index (κ1) is 22.1. The maximum absolute atomic E-state index is 12.9. The van der Waals surface area contributed by atoms with Crippen molar-refractivity contribution < 1.29 is 19.3 Å². The van der Waals surface area contributed by atoms with E-state index in [0.717, 1.165) is 28.0 Å². The molecule has 0 spiro atoms. The van der Waals surface area contributed by atoms with Gasteiger partial charge in [-0.25, -0.2) is 9.97 Å². The number of nitrogens with zero attached hydrogens (tertiary/aromatic N) is 6. The maximum Gasteiger partial charge on any atom is 0.270 e. The van der Waals surface area contributed by atoms with Gasteiger partial charge in [-0.05, 0) is 6.07 Å². The number of hydrogen-bond donors (Lipinski definition) is 0. The fourth-order valence-electron chi connectivity index (χ4n) is 4.24. The van der Waals surface area contributed by atoms with Crippen LogP contribution in [-0.4, -0.2) is 75.1 Å². The van der Waals surface area contributed by atoms with Gasteiger partial charge in [-0.3, -0.25) is 29.4 Å². The molecule has 0 aliphatic carbocycles. The molecule has 1 fully saturated rings. The number of rotatable bonds is 5. The van der Waals surface area contributed by atoms with Crippen LogP contribution >= 0.6 is 0 Å². The molecule has 2 aliphatic rings. The predicted molar refractivity (Wildman–Crippen MR) is 125 cm³/mol. The molecule has 176 valence electrons. The Balaban J connectivity index is 1.22. The quantitative estimate of drug-likeness (QED) is 0.313. The van der Waals surface area contributed by atoms with Gasteiger partial charge in [0.25, 0.3) is 17.5 Å². The Hall–Kier alpha value is -4.67. The predicted octanol–water partition coefficient (Wildman–Crippen LogP) is 2.00. The van der Waals surface area contributed by atoms with Gasteiger partial charge in [-0.1, -0.05) is 30.3 Å². The molecular weight excluding hydrogens is 452 g/mol. The van der Waals surface area contributed by atoms with Gasteiger partial charge in [0.05, 0.1) is 21.7 Å². The molecule has 2 aliphatic heterocycles. The van der Waals surface area contributed by atoms with Crippen molar-refractivity contribution in [2.45, 2.75) is 0 Å². The summed E-state index contributed by atoms with van der Waals surface area (Å²) in [5.74, 6) is -0.925.